The van der Waals surface area contributed by atoms with Crippen molar-refractivity contribution in [1.82, 2.24) is 10.2 Å². The first-order valence-electron chi connectivity index (χ1n) is 11.0. The van der Waals surface area contributed by atoms with Gasteiger partial charge in [-0.05, 0) is 64.5 Å². The first-order valence-corrected chi connectivity index (χ1v) is 11.0. The van der Waals surface area contributed by atoms with E-state index in [9.17, 15) is 18.0 Å². The molecule has 0 spiro atoms. The van der Waals surface area contributed by atoms with Crippen LogP contribution in [-0.2, 0) is 15.7 Å². The van der Waals surface area contributed by atoms with E-state index in [4.69, 9.17) is 14.2 Å². The third-order valence-corrected chi connectivity index (χ3v) is 6.13. The molecule has 1 aromatic rings. The molecule has 0 aromatic heterocycles. The van der Waals surface area contributed by atoms with Crippen LogP contribution in [0.5, 0.6) is 5.75 Å². The maximum absolute atomic E-state index is 13.2. The van der Waals surface area contributed by atoms with Gasteiger partial charge in [0.05, 0.1) is 5.56 Å². The molecule has 3 aliphatic rings. The zero-order chi connectivity index (χ0) is 23.5. The van der Waals surface area contributed by atoms with Gasteiger partial charge < -0.3 is 19.1 Å². The Bertz CT molecular complexity index is 856. The molecule has 1 aromatic carbocycles. The van der Waals surface area contributed by atoms with E-state index >= 15 is 0 Å². The molecule has 0 bridgehead atoms. The predicted octanol–water partition coefficient (Wildman–Crippen LogP) is 4.29. The maximum Gasteiger partial charge on any atom is 0.419 e. The number of nitrogens with one attached hydrogen (secondary N) is 1. The molecule has 5 atom stereocenters. The number of halogens is 3. The highest BCUT2D eigenvalue weighted by Crippen LogP contribution is 2.58. The van der Waals surface area contributed by atoms with Gasteiger partial charge in [0, 0.05) is 18.6 Å². The molecule has 1 saturated carbocycles. The molecule has 9 heteroatoms. The van der Waals surface area contributed by atoms with Crippen LogP contribution in [0, 0.1) is 17.8 Å². The van der Waals surface area contributed by atoms with E-state index < -0.39 is 22.9 Å². The number of nitrogens with zero attached hydrogens (tertiary/aromatic N) is 1. The van der Waals surface area contributed by atoms with Crippen LogP contribution in [0.3, 0.4) is 0 Å². The van der Waals surface area contributed by atoms with E-state index in [1.807, 2.05) is 34.6 Å². The predicted molar refractivity (Wildman–Crippen MR) is 111 cm³/mol. The monoisotopic (exact) mass is 456 g/mol. The smallest absolute Gasteiger partial charge is 0.419 e. The zero-order valence-corrected chi connectivity index (χ0v) is 19.0. The Morgan fingerprint density at radius 2 is 1.75 bits per heavy atom. The summed E-state index contributed by atoms with van der Waals surface area (Å²) < 4.78 is 56.3. The van der Waals surface area contributed by atoms with Crippen LogP contribution in [0.4, 0.5) is 18.0 Å². The van der Waals surface area contributed by atoms with E-state index in [0.717, 1.165) is 6.07 Å². The number of alkyl halides is 3. The summed E-state index contributed by atoms with van der Waals surface area (Å²) in [6, 6.07) is 5.22. The molecular weight excluding hydrogens is 425 g/mol. The van der Waals surface area contributed by atoms with Gasteiger partial charge in [0.25, 0.3) is 0 Å². The van der Waals surface area contributed by atoms with Crippen molar-refractivity contribution in [2.24, 2.45) is 17.8 Å². The Balaban J connectivity index is 1.24. The number of para-hydroxylation sites is 1. The van der Waals surface area contributed by atoms with Crippen LogP contribution in [0.15, 0.2) is 24.3 Å². The lowest BCUT2D eigenvalue weighted by molar-refractivity contribution is -0.139. The number of epoxide rings is 1. The fourth-order valence-electron chi connectivity index (χ4n) is 4.58. The van der Waals surface area contributed by atoms with Gasteiger partial charge in [-0.15, -0.1) is 0 Å². The first kappa shape index (κ1) is 23.2. The van der Waals surface area contributed by atoms with Crippen LogP contribution < -0.4 is 10.1 Å². The Morgan fingerprint density at radius 1 is 1.12 bits per heavy atom. The van der Waals surface area contributed by atoms with Crippen molar-refractivity contribution in [3.63, 3.8) is 0 Å². The summed E-state index contributed by atoms with van der Waals surface area (Å²) in [4.78, 5) is 14.0. The minimum absolute atomic E-state index is 0.0625. The molecule has 2 saturated heterocycles. The lowest BCUT2D eigenvalue weighted by atomic mass is 10.1. The molecule has 4 rings (SSSR count). The first-order chi connectivity index (χ1) is 14.8. The lowest BCUT2D eigenvalue weighted by Crippen LogP contribution is -2.47. The molecule has 32 heavy (non-hydrogen) atoms. The van der Waals surface area contributed by atoms with Crippen LogP contribution in [0.1, 0.15) is 40.2 Å². The summed E-state index contributed by atoms with van der Waals surface area (Å²) in [5.74, 6) is 1.05. The third-order valence-electron chi connectivity index (χ3n) is 6.13. The molecular formula is C23H31F3N2O4. The summed E-state index contributed by atoms with van der Waals surface area (Å²) >= 11 is 0. The standard InChI is InChI=1S/C23H31F3N2O4/c1-21(2,3)32-20(29)28-10-13-14(11-28)17(13)18-19(31-18)27-22(4,5)12-30-16-9-7-6-8-15(16)23(24,25)26/h6-9,13-14,17-19,27H,10-12H2,1-5H3/t13-,14+,17+,18?,19?. The highest BCUT2D eigenvalue weighted by molar-refractivity contribution is 5.69. The molecule has 178 valence electrons. The quantitative estimate of drug-likeness (QED) is 0.647. The zero-order valence-electron chi connectivity index (χ0n) is 19.0. The molecule has 2 heterocycles. The number of likely N-dealkylation sites (tertiary alicyclic amines) is 1. The molecule has 2 unspecified atom stereocenters. The number of piperidine rings is 1. The Labute approximate surface area is 186 Å². The van der Waals surface area contributed by atoms with Gasteiger partial charge in [0.1, 0.15) is 30.3 Å². The second kappa shape index (κ2) is 7.80. The van der Waals surface area contributed by atoms with E-state index in [-0.39, 0.29) is 30.8 Å². The van der Waals surface area contributed by atoms with Crippen molar-refractivity contribution in [3.8, 4) is 5.75 Å². The van der Waals surface area contributed by atoms with Gasteiger partial charge in [-0.3, -0.25) is 5.32 Å². The summed E-state index contributed by atoms with van der Waals surface area (Å²) in [5.41, 5.74) is -1.87. The summed E-state index contributed by atoms with van der Waals surface area (Å²) in [7, 11) is 0. The van der Waals surface area contributed by atoms with Gasteiger partial charge >= 0.3 is 12.3 Å². The van der Waals surface area contributed by atoms with E-state index in [2.05, 4.69) is 5.32 Å². The van der Waals surface area contributed by atoms with Crippen molar-refractivity contribution in [2.45, 2.75) is 64.3 Å². The molecule has 2 aliphatic heterocycles. The second-order valence-electron chi connectivity index (χ2n) is 10.6. The Hall–Kier alpha value is -2.00. The number of fused-ring (bicyclic) bond motifs is 1. The number of carbonyl (C=O) groups excluding carboxylic acids is 1. The van der Waals surface area contributed by atoms with Crippen molar-refractivity contribution in [3.05, 3.63) is 29.8 Å². The van der Waals surface area contributed by atoms with Crippen molar-refractivity contribution in [2.75, 3.05) is 19.7 Å². The fourth-order valence-corrected chi connectivity index (χ4v) is 4.58. The minimum Gasteiger partial charge on any atom is -0.491 e. The van der Waals surface area contributed by atoms with Gasteiger partial charge in [-0.2, -0.15) is 13.2 Å². The van der Waals surface area contributed by atoms with Crippen LogP contribution in [0.2, 0.25) is 0 Å². The average molecular weight is 457 g/mol. The third kappa shape index (κ3) is 5.14. The number of hydrogen-bond acceptors (Lipinski definition) is 5. The van der Waals surface area contributed by atoms with Crippen LogP contribution in [-0.4, -0.2) is 54.2 Å². The largest absolute Gasteiger partial charge is 0.491 e. The minimum atomic E-state index is -4.46. The number of hydrogen-bond donors (Lipinski definition) is 1. The van der Waals surface area contributed by atoms with E-state index in [0.29, 0.717) is 30.8 Å². The van der Waals surface area contributed by atoms with Crippen molar-refractivity contribution in [1.29, 1.82) is 0 Å². The second-order valence-corrected chi connectivity index (χ2v) is 10.6. The average Bonchev–Trinajstić information content (AvgIpc) is 3.50. The number of amides is 1. The molecule has 0 radical (unpaired) electrons. The SMILES string of the molecule is CC(C)(COc1ccccc1C(F)(F)F)NC1OC1[C@H]1[C@@H]2CN(C(=O)OC(C)(C)C)C[C@@H]21. The van der Waals surface area contributed by atoms with E-state index in [1.165, 1.54) is 18.2 Å². The van der Waals surface area contributed by atoms with Crippen molar-refractivity contribution >= 4 is 6.09 Å². The van der Waals surface area contributed by atoms with E-state index in [1.54, 1.807) is 4.90 Å². The highest BCUT2D eigenvalue weighted by atomic mass is 19.4. The van der Waals surface area contributed by atoms with Crippen LogP contribution in [0.25, 0.3) is 0 Å². The molecule has 1 amide bonds. The van der Waals surface area contributed by atoms with Gasteiger partial charge in [0.2, 0.25) is 0 Å². The van der Waals surface area contributed by atoms with Crippen molar-refractivity contribution < 1.29 is 32.2 Å². The molecule has 1 N–H and O–H groups in total. The highest BCUT2D eigenvalue weighted by Gasteiger charge is 2.66. The normalized spacial score (nSPS) is 29.5. The maximum atomic E-state index is 13.2. The van der Waals surface area contributed by atoms with Crippen LogP contribution >= 0.6 is 0 Å². The summed E-state index contributed by atoms with van der Waals surface area (Å²) in [5, 5.41) is 3.35. The molecule has 3 fully saturated rings. The number of rotatable bonds is 6. The fraction of sp³-hybridized carbons (Fsp3) is 0.696. The number of ether oxygens (including phenoxy) is 3. The number of benzene rings is 1. The molecule has 1 aliphatic carbocycles. The van der Waals surface area contributed by atoms with Gasteiger partial charge in [-0.25, -0.2) is 4.79 Å². The lowest BCUT2D eigenvalue weighted by Gasteiger charge is -2.27. The summed E-state index contributed by atoms with van der Waals surface area (Å²) in [6.07, 6.45) is -4.83. The Kier molecular flexibility index (Phi) is 5.65. The number of carbonyl (C=O) groups is 1. The summed E-state index contributed by atoms with van der Waals surface area (Å²) in [6.45, 7) is 10.7. The topological polar surface area (TPSA) is 63.3 Å². The molecule has 6 nitrogen and oxygen atoms in total. The Morgan fingerprint density at radius 3 is 2.34 bits per heavy atom. The van der Waals surface area contributed by atoms with Gasteiger partial charge in [-0.1, -0.05) is 12.1 Å². The van der Waals surface area contributed by atoms with Gasteiger partial charge in [0.15, 0.2) is 0 Å².